The summed E-state index contributed by atoms with van der Waals surface area (Å²) in [5.74, 6) is 2.15. The van der Waals surface area contributed by atoms with Crippen LogP contribution in [0.4, 0.5) is 0 Å². The van der Waals surface area contributed by atoms with Gasteiger partial charge in [-0.3, -0.25) is 0 Å². The second kappa shape index (κ2) is 4.36. The smallest absolute Gasteiger partial charge is 0.137 e. The SMILES string of the molecule is c1ccc(C2(c3ccccc3)N=N[C@@H]3[C@@H]4C[C@H]([C@@H]32)C2(CC2)C4)cc1. The van der Waals surface area contributed by atoms with E-state index in [2.05, 4.69) is 60.7 Å². The monoisotopic (exact) mass is 314 g/mol. The number of hydrogen-bond donors (Lipinski definition) is 0. The van der Waals surface area contributed by atoms with E-state index in [0.717, 1.165) is 11.8 Å². The Kier molecular flexibility index (Phi) is 2.42. The lowest BCUT2D eigenvalue weighted by atomic mass is 9.63. The predicted molar refractivity (Wildman–Crippen MR) is 93.7 cm³/mol. The van der Waals surface area contributed by atoms with Crippen LogP contribution < -0.4 is 0 Å². The largest absolute Gasteiger partial charge is 0.189 e. The molecule has 3 fully saturated rings. The third kappa shape index (κ3) is 1.48. The molecule has 0 radical (unpaired) electrons. The lowest BCUT2D eigenvalue weighted by Crippen LogP contribution is -2.43. The van der Waals surface area contributed by atoms with Gasteiger partial charge in [-0.15, -0.1) is 0 Å². The molecule has 2 heteroatoms. The molecule has 2 bridgehead atoms. The van der Waals surface area contributed by atoms with Gasteiger partial charge >= 0.3 is 0 Å². The number of rotatable bonds is 2. The van der Waals surface area contributed by atoms with E-state index in [0.29, 0.717) is 17.4 Å². The number of fused-ring (bicyclic) bond motifs is 6. The Labute approximate surface area is 143 Å². The molecule has 24 heavy (non-hydrogen) atoms. The van der Waals surface area contributed by atoms with E-state index in [9.17, 15) is 0 Å². The van der Waals surface area contributed by atoms with Gasteiger partial charge in [-0.1, -0.05) is 60.7 Å². The second-order valence-electron chi connectivity index (χ2n) is 8.40. The summed E-state index contributed by atoms with van der Waals surface area (Å²) in [4.78, 5) is 0. The van der Waals surface area contributed by atoms with Crippen molar-refractivity contribution in [1.82, 2.24) is 0 Å². The minimum absolute atomic E-state index is 0.261. The van der Waals surface area contributed by atoms with Gasteiger partial charge in [-0.2, -0.15) is 10.2 Å². The van der Waals surface area contributed by atoms with Gasteiger partial charge in [0.25, 0.3) is 0 Å². The molecule has 1 heterocycles. The molecule has 6 rings (SSSR count). The topological polar surface area (TPSA) is 24.7 Å². The quantitative estimate of drug-likeness (QED) is 0.728. The van der Waals surface area contributed by atoms with Crippen molar-refractivity contribution < 1.29 is 0 Å². The summed E-state index contributed by atoms with van der Waals surface area (Å²) >= 11 is 0. The Morgan fingerprint density at radius 3 is 2.04 bits per heavy atom. The number of azo groups is 1. The Bertz CT molecular complexity index is 767. The van der Waals surface area contributed by atoms with Crippen LogP contribution in [-0.4, -0.2) is 6.04 Å². The van der Waals surface area contributed by atoms with Crippen molar-refractivity contribution >= 4 is 0 Å². The molecular formula is C22H22N2. The molecule has 0 unspecified atom stereocenters. The highest BCUT2D eigenvalue weighted by Gasteiger charge is 2.71. The maximum absolute atomic E-state index is 5.05. The first-order valence-corrected chi connectivity index (χ1v) is 9.37. The first-order valence-electron chi connectivity index (χ1n) is 9.37. The van der Waals surface area contributed by atoms with Crippen molar-refractivity contribution in [3.63, 3.8) is 0 Å². The summed E-state index contributed by atoms with van der Waals surface area (Å²) in [6.07, 6.45) is 5.68. The van der Waals surface area contributed by atoms with E-state index >= 15 is 0 Å². The minimum Gasteiger partial charge on any atom is -0.189 e. The highest BCUT2D eigenvalue weighted by Crippen LogP contribution is 2.75. The Morgan fingerprint density at radius 2 is 1.46 bits per heavy atom. The van der Waals surface area contributed by atoms with Gasteiger partial charge in [-0.05, 0) is 54.1 Å². The Morgan fingerprint density at radius 1 is 0.833 bits per heavy atom. The van der Waals surface area contributed by atoms with Crippen LogP contribution in [0.5, 0.6) is 0 Å². The highest BCUT2D eigenvalue weighted by molar-refractivity contribution is 5.43. The van der Waals surface area contributed by atoms with Crippen molar-refractivity contribution in [2.24, 2.45) is 33.4 Å². The molecule has 120 valence electrons. The van der Waals surface area contributed by atoms with Crippen molar-refractivity contribution in [2.45, 2.75) is 37.3 Å². The third-order valence-corrected chi connectivity index (χ3v) is 7.45. The summed E-state index contributed by atoms with van der Waals surface area (Å²) in [6, 6.07) is 22.3. The molecule has 0 aromatic heterocycles. The zero-order valence-electron chi connectivity index (χ0n) is 13.8. The fourth-order valence-corrected chi connectivity index (χ4v) is 6.37. The van der Waals surface area contributed by atoms with Crippen LogP contribution in [0, 0.1) is 23.2 Å². The lowest BCUT2D eigenvalue weighted by Gasteiger charge is -2.40. The van der Waals surface area contributed by atoms with E-state index in [1.165, 1.54) is 36.8 Å². The first-order chi connectivity index (χ1) is 11.8. The maximum Gasteiger partial charge on any atom is 0.137 e. The first kappa shape index (κ1) is 13.3. The number of hydrogen-bond acceptors (Lipinski definition) is 2. The van der Waals surface area contributed by atoms with E-state index in [1.54, 1.807) is 0 Å². The molecule has 4 atom stereocenters. The zero-order chi connectivity index (χ0) is 15.8. The fourth-order valence-electron chi connectivity index (χ4n) is 6.37. The van der Waals surface area contributed by atoms with Gasteiger partial charge in [-0.25, -0.2) is 0 Å². The normalized spacial score (nSPS) is 36.2. The summed E-state index contributed by atoms with van der Waals surface area (Å²) in [6.45, 7) is 0. The minimum atomic E-state index is -0.261. The van der Waals surface area contributed by atoms with E-state index in [4.69, 9.17) is 10.2 Å². The molecule has 0 amide bonds. The second-order valence-corrected chi connectivity index (χ2v) is 8.40. The van der Waals surface area contributed by atoms with Gasteiger partial charge in [0.05, 0.1) is 6.04 Å². The van der Waals surface area contributed by atoms with Crippen LogP contribution in [0.15, 0.2) is 70.9 Å². The molecule has 3 aliphatic carbocycles. The van der Waals surface area contributed by atoms with Gasteiger partial charge in [0, 0.05) is 5.92 Å². The lowest BCUT2D eigenvalue weighted by molar-refractivity contribution is 0.158. The van der Waals surface area contributed by atoms with Crippen LogP contribution in [-0.2, 0) is 5.54 Å². The van der Waals surface area contributed by atoms with Crippen LogP contribution in [0.3, 0.4) is 0 Å². The molecule has 4 aliphatic rings. The van der Waals surface area contributed by atoms with Crippen molar-refractivity contribution in [3.05, 3.63) is 71.8 Å². The molecular weight excluding hydrogens is 292 g/mol. The standard InChI is InChI=1S/C22H22N2/c1-3-7-16(8-4-1)22(17-9-5-2-6-10-17)19-18-13-15(20(19)23-24-22)14-21(18)11-12-21/h1-10,15,18-20H,11-14H2/t15-,18-,19+,20-/m1/s1. The van der Waals surface area contributed by atoms with E-state index in [1.807, 2.05) is 0 Å². The molecule has 2 aromatic rings. The molecule has 3 saturated carbocycles. The van der Waals surface area contributed by atoms with E-state index < -0.39 is 0 Å². The van der Waals surface area contributed by atoms with Crippen molar-refractivity contribution in [3.8, 4) is 0 Å². The van der Waals surface area contributed by atoms with Gasteiger partial charge in [0.15, 0.2) is 0 Å². The summed E-state index contributed by atoms with van der Waals surface area (Å²) in [5, 5.41) is 9.96. The highest BCUT2D eigenvalue weighted by atomic mass is 15.2. The van der Waals surface area contributed by atoms with Gasteiger partial charge < -0.3 is 0 Å². The molecule has 0 N–H and O–H groups in total. The molecule has 2 aromatic carbocycles. The zero-order valence-corrected chi connectivity index (χ0v) is 13.8. The molecule has 2 nitrogen and oxygen atoms in total. The van der Waals surface area contributed by atoms with Crippen LogP contribution in [0.25, 0.3) is 0 Å². The summed E-state index contributed by atoms with van der Waals surface area (Å²) < 4.78 is 0. The molecule has 1 spiro atoms. The van der Waals surface area contributed by atoms with Crippen molar-refractivity contribution in [1.29, 1.82) is 0 Å². The average Bonchev–Trinajstić information content (AvgIpc) is 3.01. The maximum atomic E-state index is 5.05. The van der Waals surface area contributed by atoms with Gasteiger partial charge in [0.1, 0.15) is 5.54 Å². The van der Waals surface area contributed by atoms with Crippen LogP contribution in [0.1, 0.15) is 36.8 Å². The summed E-state index contributed by atoms with van der Waals surface area (Å²) in [7, 11) is 0. The summed E-state index contributed by atoms with van der Waals surface area (Å²) in [5.41, 5.74) is 3.05. The van der Waals surface area contributed by atoms with Crippen molar-refractivity contribution in [2.75, 3.05) is 0 Å². The predicted octanol–water partition coefficient (Wildman–Crippen LogP) is 5.20. The Balaban J connectivity index is 1.58. The van der Waals surface area contributed by atoms with Gasteiger partial charge in [0.2, 0.25) is 0 Å². The Hall–Kier alpha value is -1.96. The average molecular weight is 314 g/mol. The molecule has 1 aliphatic heterocycles. The third-order valence-electron chi connectivity index (χ3n) is 7.45. The number of benzene rings is 2. The van der Waals surface area contributed by atoms with Crippen LogP contribution >= 0.6 is 0 Å². The van der Waals surface area contributed by atoms with E-state index in [-0.39, 0.29) is 5.54 Å². The number of nitrogens with zero attached hydrogens (tertiary/aromatic N) is 2. The van der Waals surface area contributed by atoms with Crippen LogP contribution in [0.2, 0.25) is 0 Å². The fraction of sp³-hybridized carbons (Fsp3) is 0.455. The molecule has 0 saturated heterocycles.